The molecule has 1 atom stereocenters. The van der Waals surface area contributed by atoms with Gasteiger partial charge in [-0.2, -0.15) is 0 Å². The number of benzene rings is 6. The van der Waals surface area contributed by atoms with Crippen LogP contribution in [0.5, 0.6) is 0 Å². The summed E-state index contributed by atoms with van der Waals surface area (Å²) < 4.78 is 0. The van der Waals surface area contributed by atoms with Crippen molar-refractivity contribution in [2.75, 3.05) is 4.90 Å². The summed E-state index contributed by atoms with van der Waals surface area (Å²) in [5.74, 6) is 0. The highest BCUT2D eigenvalue weighted by Crippen LogP contribution is 2.57. The largest absolute Gasteiger partial charge is 0.376 e. The molecule has 7 aromatic rings. The van der Waals surface area contributed by atoms with Crippen molar-refractivity contribution in [1.29, 1.82) is 0 Å². The predicted octanol–water partition coefficient (Wildman–Crippen LogP) is 9.64. The first-order valence-corrected chi connectivity index (χ1v) is 14.5. The number of rotatable bonds is 5. The van der Waals surface area contributed by atoms with Gasteiger partial charge in [-0.05, 0) is 53.6 Å². The molecule has 204 valence electrons. The molecule has 0 saturated heterocycles. The Bertz CT molecular complexity index is 2070. The van der Waals surface area contributed by atoms with Gasteiger partial charge in [0.25, 0.3) is 0 Å². The molecule has 1 aliphatic carbocycles. The van der Waals surface area contributed by atoms with E-state index in [2.05, 4.69) is 108 Å². The molecule has 0 bridgehead atoms. The highest BCUT2D eigenvalue weighted by Gasteiger charge is 2.47. The fourth-order valence-corrected chi connectivity index (χ4v) is 6.60. The number of nitrogens with zero attached hydrogens (tertiary/aromatic N) is 2. The van der Waals surface area contributed by atoms with E-state index in [9.17, 15) is 5.11 Å². The maximum atomic E-state index is 13.4. The second kappa shape index (κ2) is 10.1. The fraction of sp³-hybridized carbons (Fsp3) is 0.0250. The standard InChI is InChI=1S/C40H28N2O/c43-40(35-23-11-9-20-33(35)37-27-26-28-14-7-12-24-36(28)41-37)34-22-10-8-19-31(34)32-21-13-25-38(39(32)40)42(29-15-3-1-4-16-29)30-17-5-2-6-18-30/h1-27,43H. The second-order valence-corrected chi connectivity index (χ2v) is 10.9. The molecule has 0 spiro atoms. The van der Waals surface area contributed by atoms with Gasteiger partial charge in [0.2, 0.25) is 0 Å². The Morgan fingerprint density at radius 3 is 1.74 bits per heavy atom. The van der Waals surface area contributed by atoms with Gasteiger partial charge in [-0.25, -0.2) is 4.98 Å². The first-order chi connectivity index (χ1) is 21.2. The number of hydrogen-bond donors (Lipinski definition) is 1. The Morgan fingerprint density at radius 1 is 0.465 bits per heavy atom. The lowest BCUT2D eigenvalue weighted by Gasteiger charge is -2.34. The molecular formula is C40H28N2O. The predicted molar refractivity (Wildman–Crippen MR) is 176 cm³/mol. The van der Waals surface area contributed by atoms with Gasteiger partial charge in [0, 0.05) is 39.0 Å². The lowest BCUT2D eigenvalue weighted by molar-refractivity contribution is 0.132. The van der Waals surface area contributed by atoms with Crippen LogP contribution in [0.15, 0.2) is 164 Å². The first-order valence-electron chi connectivity index (χ1n) is 14.5. The van der Waals surface area contributed by atoms with Crippen molar-refractivity contribution < 1.29 is 5.11 Å². The van der Waals surface area contributed by atoms with E-state index >= 15 is 0 Å². The monoisotopic (exact) mass is 552 g/mol. The van der Waals surface area contributed by atoms with Gasteiger partial charge in [0.1, 0.15) is 5.60 Å². The molecule has 43 heavy (non-hydrogen) atoms. The van der Waals surface area contributed by atoms with Crippen LogP contribution in [-0.2, 0) is 5.60 Å². The average molecular weight is 553 g/mol. The molecule has 6 aromatic carbocycles. The van der Waals surface area contributed by atoms with E-state index in [4.69, 9.17) is 4.98 Å². The van der Waals surface area contributed by atoms with E-state index in [1.807, 2.05) is 60.7 Å². The summed E-state index contributed by atoms with van der Waals surface area (Å²) in [6, 6.07) is 55.7. The topological polar surface area (TPSA) is 36.4 Å². The number of aliphatic hydroxyl groups is 1. The molecule has 1 heterocycles. The summed E-state index contributed by atoms with van der Waals surface area (Å²) >= 11 is 0. The first kappa shape index (κ1) is 25.2. The molecule has 1 aliphatic rings. The smallest absolute Gasteiger partial charge is 0.144 e. The van der Waals surface area contributed by atoms with E-state index in [0.29, 0.717) is 0 Å². The van der Waals surface area contributed by atoms with Gasteiger partial charge in [0.15, 0.2) is 0 Å². The van der Waals surface area contributed by atoms with Crippen LogP contribution in [0.1, 0.15) is 16.7 Å². The zero-order chi connectivity index (χ0) is 28.8. The van der Waals surface area contributed by atoms with E-state index in [0.717, 1.165) is 67.0 Å². The molecule has 0 radical (unpaired) electrons. The van der Waals surface area contributed by atoms with Crippen LogP contribution in [0.2, 0.25) is 0 Å². The zero-order valence-corrected chi connectivity index (χ0v) is 23.4. The molecule has 1 unspecified atom stereocenters. The van der Waals surface area contributed by atoms with Crippen molar-refractivity contribution in [3.63, 3.8) is 0 Å². The molecule has 0 amide bonds. The van der Waals surface area contributed by atoms with Gasteiger partial charge in [-0.3, -0.25) is 0 Å². The number of fused-ring (bicyclic) bond motifs is 4. The summed E-state index contributed by atoms with van der Waals surface area (Å²) in [7, 11) is 0. The van der Waals surface area contributed by atoms with Gasteiger partial charge in [-0.1, -0.05) is 121 Å². The summed E-state index contributed by atoms with van der Waals surface area (Å²) in [5, 5.41) is 14.5. The summed E-state index contributed by atoms with van der Waals surface area (Å²) in [4.78, 5) is 7.29. The third-order valence-electron chi connectivity index (χ3n) is 8.47. The highest BCUT2D eigenvalue weighted by molar-refractivity contribution is 5.93. The second-order valence-electron chi connectivity index (χ2n) is 10.9. The van der Waals surface area contributed by atoms with Crippen molar-refractivity contribution in [2.24, 2.45) is 0 Å². The number of anilines is 3. The Hall–Kier alpha value is -5.51. The van der Waals surface area contributed by atoms with Gasteiger partial charge >= 0.3 is 0 Å². The van der Waals surface area contributed by atoms with E-state index in [1.165, 1.54) is 0 Å². The van der Waals surface area contributed by atoms with Gasteiger partial charge < -0.3 is 10.0 Å². The molecule has 1 N–H and O–H groups in total. The number of hydrogen-bond acceptors (Lipinski definition) is 3. The number of para-hydroxylation sites is 3. The number of aromatic nitrogens is 1. The molecule has 0 fully saturated rings. The van der Waals surface area contributed by atoms with Crippen molar-refractivity contribution in [3.8, 4) is 22.4 Å². The maximum absolute atomic E-state index is 13.4. The van der Waals surface area contributed by atoms with Gasteiger partial charge in [-0.15, -0.1) is 0 Å². The van der Waals surface area contributed by atoms with Crippen LogP contribution in [0, 0.1) is 0 Å². The summed E-state index contributed by atoms with van der Waals surface area (Å²) in [6.45, 7) is 0. The molecular weight excluding hydrogens is 524 g/mol. The normalized spacial score (nSPS) is 15.2. The molecule has 0 saturated carbocycles. The van der Waals surface area contributed by atoms with E-state index in [1.54, 1.807) is 0 Å². The average Bonchev–Trinajstić information content (AvgIpc) is 3.35. The van der Waals surface area contributed by atoms with Crippen LogP contribution in [-0.4, -0.2) is 10.1 Å². The molecule has 3 nitrogen and oxygen atoms in total. The van der Waals surface area contributed by atoms with Crippen LogP contribution in [0.3, 0.4) is 0 Å². The quantitative estimate of drug-likeness (QED) is 0.231. The van der Waals surface area contributed by atoms with Crippen molar-refractivity contribution in [1.82, 2.24) is 4.98 Å². The van der Waals surface area contributed by atoms with Crippen molar-refractivity contribution >= 4 is 28.0 Å². The lowest BCUT2D eigenvalue weighted by atomic mass is 9.80. The highest BCUT2D eigenvalue weighted by atomic mass is 16.3. The Morgan fingerprint density at radius 2 is 1.02 bits per heavy atom. The fourth-order valence-electron chi connectivity index (χ4n) is 6.60. The van der Waals surface area contributed by atoms with Crippen LogP contribution < -0.4 is 4.90 Å². The molecule has 3 heteroatoms. The van der Waals surface area contributed by atoms with E-state index < -0.39 is 5.60 Å². The van der Waals surface area contributed by atoms with E-state index in [-0.39, 0.29) is 0 Å². The Kier molecular flexibility index (Phi) is 5.92. The van der Waals surface area contributed by atoms with Crippen LogP contribution in [0.4, 0.5) is 17.1 Å². The Labute approximate surface area is 251 Å². The minimum absolute atomic E-state index is 0.803. The Balaban J connectivity index is 1.43. The van der Waals surface area contributed by atoms with Crippen molar-refractivity contribution in [3.05, 3.63) is 180 Å². The van der Waals surface area contributed by atoms with Crippen LogP contribution in [0.25, 0.3) is 33.3 Å². The third-order valence-corrected chi connectivity index (χ3v) is 8.47. The maximum Gasteiger partial charge on any atom is 0.144 e. The summed E-state index contributed by atoms with van der Waals surface area (Å²) in [5.41, 5.74) is 8.76. The molecule has 8 rings (SSSR count). The zero-order valence-electron chi connectivity index (χ0n) is 23.4. The number of pyridine rings is 1. The molecule has 0 aliphatic heterocycles. The van der Waals surface area contributed by atoms with Crippen molar-refractivity contribution in [2.45, 2.75) is 5.60 Å². The minimum atomic E-state index is -1.44. The van der Waals surface area contributed by atoms with Crippen LogP contribution >= 0.6 is 0 Å². The van der Waals surface area contributed by atoms with Gasteiger partial charge in [0.05, 0.1) is 16.9 Å². The molecule has 1 aromatic heterocycles. The SMILES string of the molecule is OC1(c2ccccc2-c2ccc3ccccc3n2)c2ccccc2-c2cccc(N(c3ccccc3)c3ccccc3)c21. The third kappa shape index (κ3) is 3.98. The minimum Gasteiger partial charge on any atom is -0.376 e. The lowest BCUT2D eigenvalue weighted by Crippen LogP contribution is -2.29. The summed E-state index contributed by atoms with van der Waals surface area (Å²) in [6.07, 6.45) is 0.